The summed E-state index contributed by atoms with van der Waals surface area (Å²) in [7, 11) is 0. The van der Waals surface area contributed by atoms with E-state index in [9.17, 15) is 9.18 Å². The summed E-state index contributed by atoms with van der Waals surface area (Å²) in [5, 5.41) is 12.7. The number of rotatable bonds is 4. The van der Waals surface area contributed by atoms with Crippen LogP contribution in [0.1, 0.15) is 37.8 Å². The number of nitrogens with zero attached hydrogens (tertiary/aromatic N) is 5. The van der Waals surface area contributed by atoms with Gasteiger partial charge >= 0.3 is 0 Å². The number of aromatic nitrogens is 5. The zero-order chi connectivity index (χ0) is 19.0. The van der Waals surface area contributed by atoms with Crippen LogP contribution in [0.25, 0.3) is 11.0 Å². The summed E-state index contributed by atoms with van der Waals surface area (Å²) in [6.07, 6.45) is 2.39. The summed E-state index contributed by atoms with van der Waals surface area (Å²) < 4.78 is 22.4. The van der Waals surface area contributed by atoms with Gasteiger partial charge < -0.3 is 4.74 Å². The Morgan fingerprint density at radius 1 is 1.33 bits per heavy atom. The minimum absolute atomic E-state index is 0.0800. The maximum atomic E-state index is 13.9. The third-order valence-corrected chi connectivity index (χ3v) is 5.31. The largest absolute Gasteiger partial charge is 0.378 e. The lowest BCUT2D eigenvalue weighted by Crippen LogP contribution is -2.35. The van der Waals surface area contributed by atoms with Gasteiger partial charge in [0.05, 0.1) is 18.7 Å². The summed E-state index contributed by atoms with van der Waals surface area (Å²) in [5.41, 5.74) is 0.464. The third kappa shape index (κ3) is 3.35. The standard InChI is InChI=1S/C18H19ClFN5O2/c1-2-13-9-12(7-8-27-13)25-18(26)16-15(21-23-25)17(19)24(22-16)10-11-5-3-4-6-14(11)20/h3-6,12-13H,2,7-10H2,1H3/t12-,13+/m0/s1. The molecule has 0 aliphatic carbocycles. The first kappa shape index (κ1) is 18.1. The van der Waals surface area contributed by atoms with E-state index in [1.54, 1.807) is 18.2 Å². The first-order valence-electron chi connectivity index (χ1n) is 8.95. The Balaban J connectivity index is 1.71. The fourth-order valence-corrected chi connectivity index (χ4v) is 3.63. The molecule has 1 aromatic carbocycles. The predicted octanol–water partition coefficient (Wildman–Crippen LogP) is 2.96. The molecule has 3 heterocycles. The second-order valence-corrected chi connectivity index (χ2v) is 7.01. The van der Waals surface area contributed by atoms with Crippen LogP contribution in [0.5, 0.6) is 0 Å². The Kier molecular flexibility index (Phi) is 4.92. The van der Waals surface area contributed by atoms with Crippen molar-refractivity contribution in [2.24, 2.45) is 0 Å². The summed E-state index contributed by atoms with van der Waals surface area (Å²) in [5.74, 6) is -0.357. The van der Waals surface area contributed by atoms with E-state index in [1.807, 2.05) is 0 Å². The maximum Gasteiger partial charge on any atom is 0.298 e. The number of fused-ring (bicyclic) bond motifs is 1. The zero-order valence-electron chi connectivity index (χ0n) is 14.8. The molecule has 1 fully saturated rings. The Labute approximate surface area is 159 Å². The molecule has 1 aliphatic rings. The van der Waals surface area contributed by atoms with Crippen molar-refractivity contribution in [3.8, 4) is 0 Å². The van der Waals surface area contributed by atoms with Crippen molar-refractivity contribution in [2.75, 3.05) is 6.61 Å². The molecule has 4 rings (SSSR count). The van der Waals surface area contributed by atoms with Crippen molar-refractivity contribution >= 4 is 22.6 Å². The lowest BCUT2D eigenvalue weighted by atomic mass is 10.0. The molecule has 0 amide bonds. The molecule has 1 saturated heterocycles. The van der Waals surface area contributed by atoms with Gasteiger partial charge in [0.15, 0.2) is 16.2 Å². The summed E-state index contributed by atoms with van der Waals surface area (Å²) in [4.78, 5) is 12.9. The van der Waals surface area contributed by atoms with Crippen molar-refractivity contribution in [3.63, 3.8) is 0 Å². The van der Waals surface area contributed by atoms with Gasteiger partial charge in [-0.25, -0.2) is 13.8 Å². The summed E-state index contributed by atoms with van der Waals surface area (Å²) >= 11 is 6.32. The van der Waals surface area contributed by atoms with Crippen LogP contribution in [0.2, 0.25) is 5.15 Å². The second kappa shape index (κ2) is 7.36. The molecule has 2 aromatic heterocycles. The molecule has 0 bridgehead atoms. The smallest absolute Gasteiger partial charge is 0.298 e. The molecule has 142 valence electrons. The van der Waals surface area contributed by atoms with E-state index in [-0.39, 0.29) is 46.3 Å². The minimum atomic E-state index is -0.357. The van der Waals surface area contributed by atoms with Crippen LogP contribution < -0.4 is 5.56 Å². The van der Waals surface area contributed by atoms with Crippen molar-refractivity contribution in [3.05, 3.63) is 51.2 Å². The lowest BCUT2D eigenvalue weighted by Gasteiger charge is -2.28. The topological polar surface area (TPSA) is 74.8 Å². The quantitative estimate of drug-likeness (QED) is 0.683. The fourth-order valence-electron chi connectivity index (χ4n) is 3.40. The SMILES string of the molecule is CC[C@@H]1C[C@@H](n2nnc3c(Cl)n(Cc4ccccc4F)nc3c2=O)CCO1. The molecule has 0 spiro atoms. The van der Waals surface area contributed by atoms with Gasteiger partial charge in [-0.15, -0.1) is 5.10 Å². The van der Waals surface area contributed by atoms with E-state index in [0.29, 0.717) is 25.0 Å². The van der Waals surface area contributed by atoms with Crippen LogP contribution in [-0.2, 0) is 11.3 Å². The number of hydrogen-bond acceptors (Lipinski definition) is 5. The minimum Gasteiger partial charge on any atom is -0.378 e. The third-order valence-electron chi connectivity index (χ3n) is 4.94. The highest BCUT2D eigenvalue weighted by atomic mass is 35.5. The van der Waals surface area contributed by atoms with Crippen molar-refractivity contribution in [2.45, 2.75) is 44.9 Å². The normalized spacial score (nSPS) is 20.3. The lowest BCUT2D eigenvalue weighted by molar-refractivity contribution is -0.0107. The Morgan fingerprint density at radius 3 is 2.93 bits per heavy atom. The van der Waals surface area contributed by atoms with E-state index in [1.165, 1.54) is 15.4 Å². The van der Waals surface area contributed by atoms with Gasteiger partial charge in [-0.1, -0.05) is 41.9 Å². The average molecular weight is 392 g/mol. The predicted molar refractivity (Wildman–Crippen MR) is 98.4 cm³/mol. The highest BCUT2D eigenvalue weighted by Gasteiger charge is 2.26. The summed E-state index contributed by atoms with van der Waals surface area (Å²) in [6, 6.07) is 6.28. The molecule has 7 nitrogen and oxygen atoms in total. The van der Waals surface area contributed by atoms with E-state index in [4.69, 9.17) is 16.3 Å². The number of ether oxygens (including phenoxy) is 1. The molecule has 0 saturated carbocycles. The Morgan fingerprint density at radius 2 is 2.15 bits per heavy atom. The molecular weight excluding hydrogens is 373 g/mol. The first-order valence-corrected chi connectivity index (χ1v) is 9.32. The van der Waals surface area contributed by atoms with E-state index in [0.717, 1.165) is 6.42 Å². The highest BCUT2D eigenvalue weighted by molar-refractivity contribution is 6.33. The van der Waals surface area contributed by atoms with Gasteiger partial charge in [0.1, 0.15) is 5.82 Å². The Bertz CT molecular complexity index is 1030. The Hall–Kier alpha value is -2.32. The van der Waals surface area contributed by atoms with Gasteiger partial charge in [0.25, 0.3) is 5.56 Å². The molecule has 2 atom stereocenters. The molecule has 3 aromatic rings. The highest BCUT2D eigenvalue weighted by Crippen LogP contribution is 2.26. The molecule has 27 heavy (non-hydrogen) atoms. The van der Waals surface area contributed by atoms with Crippen LogP contribution in [0.15, 0.2) is 29.1 Å². The number of benzene rings is 1. The van der Waals surface area contributed by atoms with Crippen molar-refractivity contribution < 1.29 is 9.13 Å². The van der Waals surface area contributed by atoms with Gasteiger partial charge in [-0.05, 0) is 25.3 Å². The van der Waals surface area contributed by atoms with Gasteiger partial charge in [-0.3, -0.25) is 4.79 Å². The molecule has 9 heteroatoms. The fraction of sp³-hybridized carbons (Fsp3) is 0.444. The maximum absolute atomic E-state index is 13.9. The first-order chi connectivity index (χ1) is 13.1. The monoisotopic (exact) mass is 391 g/mol. The summed E-state index contributed by atoms with van der Waals surface area (Å²) in [6.45, 7) is 2.74. The van der Waals surface area contributed by atoms with Gasteiger partial charge in [0, 0.05) is 12.2 Å². The van der Waals surface area contributed by atoms with E-state index < -0.39 is 0 Å². The van der Waals surface area contributed by atoms with Gasteiger partial charge in [-0.2, -0.15) is 5.10 Å². The second-order valence-electron chi connectivity index (χ2n) is 6.66. The number of halogens is 2. The van der Waals surface area contributed by atoms with E-state index >= 15 is 0 Å². The van der Waals surface area contributed by atoms with Crippen molar-refractivity contribution in [1.29, 1.82) is 0 Å². The average Bonchev–Trinajstić information content (AvgIpc) is 3.01. The molecule has 0 unspecified atom stereocenters. The van der Waals surface area contributed by atoms with Crippen LogP contribution in [0.4, 0.5) is 4.39 Å². The van der Waals surface area contributed by atoms with E-state index in [2.05, 4.69) is 22.3 Å². The van der Waals surface area contributed by atoms with Crippen LogP contribution in [0.3, 0.4) is 0 Å². The van der Waals surface area contributed by atoms with Crippen LogP contribution in [-0.4, -0.2) is 37.5 Å². The van der Waals surface area contributed by atoms with Crippen LogP contribution >= 0.6 is 11.6 Å². The molecule has 0 N–H and O–H groups in total. The number of hydrogen-bond donors (Lipinski definition) is 0. The van der Waals surface area contributed by atoms with Gasteiger partial charge in [0.2, 0.25) is 0 Å². The molecular formula is C18H19ClFN5O2. The van der Waals surface area contributed by atoms with Crippen LogP contribution in [0, 0.1) is 5.82 Å². The zero-order valence-corrected chi connectivity index (χ0v) is 15.6. The van der Waals surface area contributed by atoms with Crippen molar-refractivity contribution in [1.82, 2.24) is 24.8 Å². The molecule has 0 radical (unpaired) electrons. The molecule has 1 aliphatic heterocycles.